The predicted octanol–water partition coefficient (Wildman–Crippen LogP) is 2.27. The fourth-order valence-electron chi connectivity index (χ4n) is 2.46. The first-order valence-electron chi connectivity index (χ1n) is 7.40. The molecule has 3 aromatic heterocycles. The van der Waals surface area contributed by atoms with Gasteiger partial charge in [-0.2, -0.15) is 0 Å². The highest BCUT2D eigenvalue weighted by Crippen LogP contribution is 2.12. The number of aromatic nitrogens is 3. The number of H-pyrrole nitrogens is 1. The maximum absolute atomic E-state index is 11.6. The molecule has 1 N–H and O–H groups in total. The van der Waals surface area contributed by atoms with Crippen molar-refractivity contribution in [1.29, 1.82) is 0 Å². The van der Waals surface area contributed by atoms with E-state index >= 15 is 0 Å². The van der Waals surface area contributed by atoms with Crippen LogP contribution in [0.5, 0.6) is 0 Å². The number of nitrogens with one attached hydrogen (secondary N) is 1. The number of pyridine rings is 1. The highest BCUT2D eigenvalue weighted by Gasteiger charge is 2.12. The Morgan fingerprint density at radius 1 is 1.13 bits per heavy atom. The normalized spacial score (nSPS) is 11.0. The third-order valence-corrected chi connectivity index (χ3v) is 3.37. The maximum atomic E-state index is 11.6. The Morgan fingerprint density at radius 2 is 2.00 bits per heavy atom. The Balaban J connectivity index is 1.80. The minimum atomic E-state index is -0.136. The Kier molecular flexibility index (Phi) is 4.63. The number of aryl methyl sites for hydroxylation is 1. The van der Waals surface area contributed by atoms with Gasteiger partial charge in [0.1, 0.15) is 11.6 Å². The van der Waals surface area contributed by atoms with Gasteiger partial charge in [-0.25, -0.2) is 4.98 Å². The Labute approximate surface area is 133 Å². The second-order valence-corrected chi connectivity index (χ2v) is 5.37. The van der Waals surface area contributed by atoms with Gasteiger partial charge in [0.25, 0.3) is 5.56 Å². The van der Waals surface area contributed by atoms with Crippen LogP contribution in [-0.4, -0.2) is 19.9 Å². The molecule has 3 aromatic rings. The lowest BCUT2D eigenvalue weighted by atomic mass is 10.2. The van der Waals surface area contributed by atoms with Crippen molar-refractivity contribution in [2.75, 3.05) is 0 Å². The molecule has 6 nitrogen and oxygen atoms in total. The summed E-state index contributed by atoms with van der Waals surface area (Å²) in [6, 6.07) is 11.2. The van der Waals surface area contributed by atoms with E-state index < -0.39 is 0 Å². The summed E-state index contributed by atoms with van der Waals surface area (Å²) in [5.74, 6) is 1.48. The molecule has 0 unspecified atom stereocenters. The van der Waals surface area contributed by atoms with Crippen molar-refractivity contribution < 1.29 is 4.42 Å². The monoisotopic (exact) mass is 310 g/mol. The lowest BCUT2D eigenvalue weighted by Gasteiger charge is -2.20. The quantitative estimate of drug-likeness (QED) is 0.756. The molecule has 0 aliphatic heterocycles. The summed E-state index contributed by atoms with van der Waals surface area (Å²) < 4.78 is 5.44. The van der Waals surface area contributed by atoms with Gasteiger partial charge < -0.3 is 9.40 Å². The summed E-state index contributed by atoms with van der Waals surface area (Å²) in [7, 11) is 0. The second kappa shape index (κ2) is 7.02. The van der Waals surface area contributed by atoms with Crippen LogP contribution < -0.4 is 5.56 Å². The molecular weight excluding hydrogens is 292 g/mol. The van der Waals surface area contributed by atoms with E-state index in [1.807, 2.05) is 30.3 Å². The van der Waals surface area contributed by atoms with Crippen LogP contribution in [0, 0.1) is 6.92 Å². The molecule has 0 atom stereocenters. The van der Waals surface area contributed by atoms with Crippen molar-refractivity contribution >= 4 is 0 Å². The maximum Gasteiger partial charge on any atom is 0.251 e. The molecule has 0 spiro atoms. The Morgan fingerprint density at radius 3 is 2.70 bits per heavy atom. The molecule has 0 aliphatic carbocycles. The molecule has 0 fully saturated rings. The van der Waals surface area contributed by atoms with Gasteiger partial charge in [-0.3, -0.25) is 14.7 Å². The molecule has 0 radical (unpaired) electrons. The van der Waals surface area contributed by atoms with Crippen molar-refractivity contribution in [1.82, 2.24) is 19.9 Å². The van der Waals surface area contributed by atoms with Crippen LogP contribution in [-0.2, 0) is 19.6 Å². The number of aromatic amines is 1. The third-order valence-electron chi connectivity index (χ3n) is 3.37. The van der Waals surface area contributed by atoms with Crippen LogP contribution in [0.4, 0.5) is 0 Å². The average molecular weight is 310 g/mol. The third kappa shape index (κ3) is 4.37. The van der Waals surface area contributed by atoms with Crippen molar-refractivity contribution in [3.63, 3.8) is 0 Å². The van der Waals surface area contributed by atoms with Gasteiger partial charge in [0.15, 0.2) is 0 Å². The van der Waals surface area contributed by atoms with Crippen molar-refractivity contribution in [3.8, 4) is 0 Å². The number of nitrogens with zero attached hydrogens (tertiary/aromatic N) is 3. The number of rotatable bonds is 6. The van der Waals surface area contributed by atoms with E-state index in [0.29, 0.717) is 25.5 Å². The highest BCUT2D eigenvalue weighted by molar-refractivity contribution is 5.07. The Bertz CT molecular complexity index is 797. The topological polar surface area (TPSA) is 75.0 Å². The summed E-state index contributed by atoms with van der Waals surface area (Å²) in [6.07, 6.45) is 3.43. The minimum absolute atomic E-state index is 0.136. The van der Waals surface area contributed by atoms with E-state index in [1.165, 1.54) is 6.07 Å². The van der Waals surface area contributed by atoms with Crippen LogP contribution in [0.3, 0.4) is 0 Å². The molecule has 0 aromatic carbocycles. The Hall–Kier alpha value is -2.73. The van der Waals surface area contributed by atoms with Crippen LogP contribution in [0.1, 0.15) is 23.0 Å². The van der Waals surface area contributed by atoms with Gasteiger partial charge >= 0.3 is 0 Å². The zero-order valence-corrected chi connectivity index (χ0v) is 12.9. The first-order valence-corrected chi connectivity index (χ1v) is 7.40. The molecule has 3 heterocycles. The smallest absolute Gasteiger partial charge is 0.251 e. The van der Waals surface area contributed by atoms with E-state index in [1.54, 1.807) is 19.4 Å². The van der Waals surface area contributed by atoms with Gasteiger partial charge in [-0.05, 0) is 31.2 Å². The molecule has 3 rings (SSSR count). The van der Waals surface area contributed by atoms with Crippen LogP contribution in [0.2, 0.25) is 0 Å². The van der Waals surface area contributed by atoms with Crippen LogP contribution >= 0.6 is 0 Å². The predicted molar refractivity (Wildman–Crippen MR) is 85.5 cm³/mol. The molecule has 0 amide bonds. The largest absolute Gasteiger partial charge is 0.468 e. The van der Waals surface area contributed by atoms with E-state index in [0.717, 1.165) is 17.1 Å². The van der Waals surface area contributed by atoms with Gasteiger partial charge in [-0.1, -0.05) is 6.07 Å². The summed E-state index contributed by atoms with van der Waals surface area (Å²) in [6.45, 7) is 3.59. The van der Waals surface area contributed by atoms with Gasteiger partial charge in [-0.15, -0.1) is 0 Å². The first-order chi connectivity index (χ1) is 11.2. The first kappa shape index (κ1) is 15.2. The molecule has 0 saturated carbocycles. The average Bonchev–Trinajstić information content (AvgIpc) is 3.00. The molecular formula is C17H18N4O2. The van der Waals surface area contributed by atoms with E-state index in [-0.39, 0.29) is 5.56 Å². The molecule has 0 bridgehead atoms. The zero-order chi connectivity index (χ0) is 16.1. The summed E-state index contributed by atoms with van der Waals surface area (Å²) in [5, 5.41) is 0. The van der Waals surface area contributed by atoms with E-state index in [9.17, 15) is 4.79 Å². The van der Waals surface area contributed by atoms with E-state index in [2.05, 4.69) is 19.9 Å². The summed E-state index contributed by atoms with van der Waals surface area (Å²) in [4.78, 5) is 25.2. The molecule has 0 aliphatic rings. The zero-order valence-electron chi connectivity index (χ0n) is 12.9. The number of hydrogen-bond donors (Lipinski definition) is 1. The van der Waals surface area contributed by atoms with Crippen molar-refractivity contribution in [2.24, 2.45) is 0 Å². The molecule has 0 saturated heterocycles. The van der Waals surface area contributed by atoms with Crippen LogP contribution in [0.25, 0.3) is 0 Å². The minimum Gasteiger partial charge on any atom is -0.468 e. The van der Waals surface area contributed by atoms with Gasteiger partial charge in [0, 0.05) is 25.4 Å². The summed E-state index contributed by atoms with van der Waals surface area (Å²) >= 11 is 0. The van der Waals surface area contributed by atoms with Crippen molar-refractivity contribution in [3.05, 3.63) is 82.2 Å². The summed E-state index contributed by atoms with van der Waals surface area (Å²) in [5.41, 5.74) is 1.55. The molecule has 118 valence electrons. The lowest BCUT2D eigenvalue weighted by Crippen LogP contribution is -2.24. The van der Waals surface area contributed by atoms with Crippen molar-refractivity contribution in [2.45, 2.75) is 26.6 Å². The number of furan rings is 1. The standard InChI is InChI=1S/C17H18N4O2/c1-13-19-15(9-17(22)20-13)11-21(12-16-6-4-8-23-16)10-14-5-2-3-7-18-14/h2-9H,10-12H2,1H3,(H,19,20,22). The van der Waals surface area contributed by atoms with Gasteiger partial charge in [0.05, 0.1) is 24.2 Å². The highest BCUT2D eigenvalue weighted by atomic mass is 16.3. The fraction of sp³-hybridized carbons (Fsp3) is 0.235. The van der Waals surface area contributed by atoms with Gasteiger partial charge in [0.2, 0.25) is 0 Å². The molecule has 23 heavy (non-hydrogen) atoms. The number of hydrogen-bond acceptors (Lipinski definition) is 5. The second-order valence-electron chi connectivity index (χ2n) is 5.37. The van der Waals surface area contributed by atoms with Crippen LogP contribution in [0.15, 0.2) is 58.1 Å². The lowest BCUT2D eigenvalue weighted by molar-refractivity contribution is 0.221. The molecule has 6 heteroatoms. The SMILES string of the molecule is Cc1nc(CN(Cc2ccccn2)Cc2ccco2)cc(=O)[nH]1. The van der Waals surface area contributed by atoms with E-state index in [4.69, 9.17) is 4.42 Å². The fourth-order valence-corrected chi connectivity index (χ4v) is 2.46.